The molecule has 2 saturated heterocycles. The molecule has 4 fully saturated rings. The van der Waals surface area contributed by atoms with Gasteiger partial charge in [0, 0.05) is 30.2 Å². The monoisotopic (exact) mass is 769 g/mol. The molecule has 6 rings (SSSR count). The number of rotatable bonds is 11. The zero-order valence-electron chi connectivity index (χ0n) is 32.7. The molecular formula is C38H55N3O10Si2. The largest absolute Gasteiger partial charge is 0.414 e. The number of fused-ring (bicyclic) bond motifs is 2. The highest BCUT2D eigenvalue weighted by Crippen LogP contribution is 2.67. The van der Waals surface area contributed by atoms with Gasteiger partial charge in [0.15, 0.2) is 12.0 Å². The van der Waals surface area contributed by atoms with Gasteiger partial charge in [-0.15, -0.1) is 0 Å². The zero-order valence-corrected chi connectivity index (χ0v) is 34.7. The quantitative estimate of drug-likeness (QED) is 0.133. The molecule has 0 radical (unpaired) electrons. The first-order chi connectivity index (χ1) is 24.8. The van der Waals surface area contributed by atoms with Crippen molar-refractivity contribution < 1.29 is 41.6 Å². The van der Waals surface area contributed by atoms with Crippen molar-refractivity contribution in [1.29, 1.82) is 0 Å². The fourth-order valence-corrected chi connectivity index (χ4v) is 20.2. The van der Waals surface area contributed by atoms with Gasteiger partial charge in [0.1, 0.15) is 30.2 Å². The number of aromatic nitrogens is 2. The van der Waals surface area contributed by atoms with Crippen molar-refractivity contribution in [3.8, 4) is 0 Å². The SMILES string of the molecule is CCOC1(O[C@@H]2[C@@H]3O[Si](C(C)C)(C(C)C)O[Si](C(C)C)(C(C)C)OC(C(=O)c4ccccc4)[C@H]3O[C@H]2n2ccc(N)nc2=O)C(=O)C2C(C1=O)C2(C)C. The molecule has 2 aromatic rings. The predicted octanol–water partition coefficient (Wildman–Crippen LogP) is 5.47. The van der Waals surface area contributed by atoms with Crippen LogP contribution in [0.5, 0.6) is 0 Å². The van der Waals surface area contributed by atoms with Gasteiger partial charge in [0.25, 0.3) is 5.79 Å². The number of nitrogen functional groups attached to an aromatic ring is 1. The second kappa shape index (κ2) is 14.0. The van der Waals surface area contributed by atoms with Crippen LogP contribution in [0.1, 0.15) is 92.7 Å². The Hall–Kier alpha value is -2.90. The van der Waals surface area contributed by atoms with Gasteiger partial charge in [-0.1, -0.05) is 99.6 Å². The molecule has 290 valence electrons. The summed E-state index contributed by atoms with van der Waals surface area (Å²) in [6.45, 7) is 21.8. The maximum atomic E-state index is 14.8. The maximum Gasteiger partial charge on any atom is 0.351 e. The minimum atomic E-state index is -3.43. The average molecular weight is 770 g/mol. The van der Waals surface area contributed by atoms with Crippen molar-refractivity contribution in [2.45, 2.75) is 135 Å². The number of nitrogens with two attached hydrogens (primary N) is 1. The molecule has 7 atom stereocenters. The Morgan fingerprint density at radius 1 is 0.868 bits per heavy atom. The molecule has 1 aromatic carbocycles. The Balaban J connectivity index is 1.60. The van der Waals surface area contributed by atoms with Crippen molar-refractivity contribution in [3.05, 3.63) is 58.6 Å². The lowest BCUT2D eigenvalue weighted by Gasteiger charge is -2.53. The van der Waals surface area contributed by atoms with Crippen LogP contribution in [0.15, 0.2) is 47.4 Å². The summed E-state index contributed by atoms with van der Waals surface area (Å²) < 4.78 is 43.1. The third kappa shape index (κ3) is 6.15. The smallest absolute Gasteiger partial charge is 0.351 e. The van der Waals surface area contributed by atoms with Crippen molar-refractivity contribution in [1.82, 2.24) is 9.55 Å². The first-order valence-electron chi connectivity index (χ1n) is 18.9. The number of carbonyl (C=O) groups is 3. The Labute approximate surface area is 313 Å². The van der Waals surface area contributed by atoms with Crippen molar-refractivity contribution in [3.63, 3.8) is 0 Å². The lowest BCUT2D eigenvalue weighted by molar-refractivity contribution is -0.250. The average Bonchev–Trinajstić information content (AvgIpc) is 3.39. The lowest BCUT2D eigenvalue weighted by atomic mass is 9.94. The van der Waals surface area contributed by atoms with Crippen LogP contribution in [0.2, 0.25) is 22.2 Å². The third-order valence-electron chi connectivity index (χ3n) is 11.8. The molecule has 53 heavy (non-hydrogen) atoms. The second-order valence-electron chi connectivity index (χ2n) is 16.7. The van der Waals surface area contributed by atoms with Crippen LogP contribution in [0, 0.1) is 17.3 Å². The zero-order chi connectivity index (χ0) is 39.0. The van der Waals surface area contributed by atoms with Crippen LogP contribution < -0.4 is 11.4 Å². The summed E-state index contributed by atoms with van der Waals surface area (Å²) in [7, 11) is -6.82. The summed E-state index contributed by atoms with van der Waals surface area (Å²) in [4.78, 5) is 61.0. The van der Waals surface area contributed by atoms with Gasteiger partial charge in [0.2, 0.25) is 11.6 Å². The van der Waals surface area contributed by atoms with Gasteiger partial charge in [-0.2, -0.15) is 4.98 Å². The Bertz CT molecular complexity index is 1760. The number of benzene rings is 1. The number of hydrogen-bond acceptors (Lipinski definition) is 12. The summed E-state index contributed by atoms with van der Waals surface area (Å²) in [6.07, 6.45) is -4.92. The van der Waals surface area contributed by atoms with Crippen LogP contribution in [0.3, 0.4) is 0 Å². The predicted molar refractivity (Wildman–Crippen MR) is 200 cm³/mol. The summed E-state index contributed by atoms with van der Waals surface area (Å²) in [5.41, 5.74) is 4.48. The molecule has 15 heteroatoms. The Kier molecular flexibility index (Phi) is 10.5. The highest BCUT2D eigenvalue weighted by Gasteiger charge is 2.80. The molecule has 1 aromatic heterocycles. The lowest BCUT2D eigenvalue weighted by Crippen LogP contribution is -2.69. The van der Waals surface area contributed by atoms with E-state index in [-0.39, 0.29) is 40.4 Å². The van der Waals surface area contributed by atoms with E-state index in [0.29, 0.717) is 5.56 Å². The number of carbonyl (C=O) groups excluding carboxylic acids is 3. The van der Waals surface area contributed by atoms with E-state index in [1.54, 1.807) is 31.2 Å². The van der Waals surface area contributed by atoms with Crippen LogP contribution in [-0.4, -0.2) is 80.8 Å². The summed E-state index contributed by atoms with van der Waals surface area (Å²) >= 11 is 0. The standard InChI is InChI=1S/C38H55N3O10Si2/c1-12-46-38(33(43)26-27(34(38)44)37(26,10)11)48-32-31-30(47-35(32)41-19-18-25(39)40-36(41)45)29(28(42)24-16-14-13-15-17-24)49-52(20(2)3,21(4)5)51-53(50-31,22(6)7)23(8)9/h13-23,26-27,29-32,35H,12H2,1-11H3,(H2,39,40,45)/t26?,27?,29?,30-,31-,32-,35-,38?/m1/s1. The van der Waals surface area contributed by atoms with E-state index in [1.807, 2.05) is 47.6 Å². The van der Waals surface area contributed by atoms with Gasteiger partial charge in [0.05, 0.1) is 0 Å². The first-order valence-corrected chi connectivity index (χ1v) is 22.8. The van der Waals surface area contributed by atoms with E-state index in [4.69, 9.17) is 32.9 Å². The van der Waals surface area contributed by atoms with E-state index < -0.39 is 88.1 Å². The number of anilines is 1. The van der Waals surface area contributed by atoms with Crippen LogP contribution in [0.25, 0.3) is 0 Å². The van der Waals surface area contributed by atoms with E-state index in [1.165, 1.54) is 16.8 Å². The summed E-state index contributed by atoms with van der Waals surface area (Å²) in [6, 6.07) is 10.2. The van der Waals surface area contributed by atoms with E-state index in [2.05, 4.69) is 32.7 Å². The fraction of sp³-hybridized carbons (Fsp3) is 0.658. The van der Waals surface area contributed by atoms with Crippen LogP contribution >= 0.6 is 0 Å². The van der Waals surface area contributed by atoms with Crippen LogP contribution in [0.4, 0.5) is 5.82 Å². The molecule has 4 aliphatic rings. The number of Topliss-reactive ketones (excluding diaryl/α,β-unsaturated/α-hetero) is 3. The van der Waals surface area contributed by atoms with Crippen molar-refractivity contribution in [2.24, 2.45) is 17.3 Å². The van der Waals surface area contributed by atoms with Gasteiger partial charge in [-0.25, -0.2) is 4.79 Å². The van der Waals surface area contributed by atoms with Crippen molar-refractivity contribution >= 4 is 40.3 Å². The van der Waals surface area contributed by atoms with Gasteiger partial charge < -0.3 is 32.9 Å². The van der Waals surface area contributed by atoms with Crippen molar-refractivity contribution in [2.75, 3.05) is 12.3 Å². The molecule has 2 aliphatic heterocycles. The van der Waals surface area contributed by atoms with Gasteiger partial charge in [-0.05, 0) is 40.6 Å². The minimum absolute atomic E-state index is 0.0111. The molecule has 2 saturated carbocycles. The highest BCUT2D eigenvalue weighted by atomic mass is 28.5. The maximum absolute atomic E-state index is 14.8. The molecular weight excluding hydrogens is 715 g/mol. The Morgan fingerprint density at radius 2 is 1.42 bits per heavy atom. The molecule has 0 bridgehead atoms. The van der Waals surface area contributed by atoms with E-state index in [9.17, 15) is 19.2 Å². The second-order valence-corrected chi connectivity index (χ2v) is 25.5. The first kappa shape index (κ1) is 39.8. The number of hydrogen-bond donors (Lipinski definition) is 1. The minimum Gasteiger partial charge on any atom is -0.414 e. The number of ether oxygens (including phenoxy) is 3. The van der Waals surface area contributed by atoms with Gasteiger partial charge in [-0.3, -0.25) is 19.0 Å². The topological polar surface area (TPSA) is 167 Å². The number of ketones is 3. The van der Waals surface area contributed by atoms with E-state index >= 15 is 0 Å². The Morgan fingerprint density at radius 3 is 1.92 bits per heavy atom. The molecule has 3 heterocycles. The normalized spacial score (nSPS) is 32.9. The van der Waals surface area contributed by atoms with Crippen LogP contribution in [-0.2, 0) is 36.8 Å². The molecule has 13 nitrogen and oxygen atoms in total. The third-order valence-corrected chi connectivity index (χ3v) is 22.1. The molecule has 0 amide bonds. The summed E-state index contributed by atoms with van der Waals surface area (Å²) in [5, 5.41) is 0. The molecule has 2 aliphatic carbocycles. The molecule has 3 unspecified atom stereocenters. The number of nitrogens with zero attached hydrogens (tertiary/aromatic N) is 2. The molecule has 0 spiro atoms. The molecule has 2 N–H and O–H groups in total. The highest BCUT2D eigenvalue weighted by molar-refractivity contribution is 6.84. The fourth-order valence-electron chi connectivity index (χ4n) is 8.94. The summed E-state index contributed by atoms with van der Waals surface area (Å²) in [5.74, 6) is -4.83. The van der Waals surface area contributed by atoms with E-state index in [0.717, 1.165) is 0 Å². The van der Waals surface area contributed by atoms with Gasteiger partial charge >= 0.3 is 22.8 Å².